The third-order valence-corrected chi connectivity index (χ3v) is 2.06. The molecule has 70 valence electrons. The van der Waals surface area contributed by atoms with Crippen LogP contribution in [0.1, 0.15) is 13.3 Å². The first-order chi connectivity index (χ1) is 5.79. The van der Waals surface area contributed by atoms with Crippen LogP contribution < -0.4 is 5.32 Å². The molecule has 1 amide bonds. The van der Waals surface area contributed by atoms with Gasteiger partial charge in [-0.2, -0.15) is 0 Å². The average molecular weight is 172 g/mol. The minimum atomic E-state index is -0.370. The van der Waals surface area contributed by atoms with Crippen molar-refractivity contribution in [2.45, 2.75) is 19.4 Å². The minimum Gasteiger partial charge on any atom is -0.394 e. The fourth-order valence-corrected chi connectivity index (χ4v) is 1.43. The molecular weight excluding hydrogens is 156 g/mol. The number of aliphatic hydroxyl groups is 1. The van der Waals surface area contributed by atoms with Crippen molar-refractivity contribution in [3.8, 4) is 0 Å². The molecule has 1 fully saturated rings. The Morgan fingerprint density at radius 2 is 2.50 bits per heavy atom. The van der Waals surface area contributed by atoms with Crippen molar-refractivity contribution >= 4 is 5.91 Å². The van der Waals surface area contributed by atoms with Gasteiger partial charge in [0.25, 0.3) is 0 Å². The molecule has 12 heavy (non-hydrogen) atoms. The van der Waals surface area contributed by atoms with E-state index in [1.54, 1.807) is 4.90 Å². The summed E-state index contributed by atoms with van der Waals surface area (Å²) in [6, 6.07) is -0.370. The Bertz CT molecular complexity index is 159. The molecule has 4 heteroatoms. The van der Waals surface area contributed by atoms with Crippen molar-refractivity contribution in [2.24, 2.45) is 0 Å². The van der Waals surface area contributed by atoms with Gasteiger partial charge in [-0.25, -0.2) is 0 Å². The van der Waals surface area contributed by atoms with Crippen molar-refractivity contribution < 1.29 is 9.90 Å². The predicted molar refractivity (Wildman–Crippen MR) is 45.7 cm³/mol. The number of carbonyl (C=O) groups is 1. The van der Waals surface area contributed by atoms with E-state index in [2.05, 4.69) is 5.32 Å². The van der Waals surface area contributed by atoms with E-state index in [-0.39, 0.29) is 18.6 Å². The Hall–Kier alpha value is -0.610. The summed E-state index contributed by atoms with van der Waals surface area (Å²) < 4.78 is 0. The van der Waals surface area contributed by atoms with Crippen molar-refractivity contribution in [1.82, 2.24) is 10.2 Å². The molecule has 0 aromatic rings. The molecule has 0 bridgehead atoms. The van der Waals surface area contributed by atoms with Crippen molar-refractivity contribution in [1.29, 1.82) is 0 Å². The maximum absolute atomic E-state index is 11.4. The first-order valence-electron chi connectivity index (χ1n) is 4.42. The number of hydrogen-bond donors (Lipinski definition) is 2. The van der Waals surface area contributed by atoms with Gasteiger partial charge in [-0.15, -0.1) is 0 Å². The number of rotatable bonds is 3. The van der Waals surface area contributed by atoms with E-state index in [0.717, 1.165) is 26.1 Å². The summed E-state index contributed by atoms with van der Waals surface area (Å²) in [5.41, 5.74) is 0. The van der Waals surface area contributed by atoms with Gasteiger partial charge < -0.3 is 15.3 Å². The Kier molecular flexibility index (Phi) is 3.49. The zero-order chi connectivity index (χ0) is 8.97. The van der Waals surface area contributed by atoms with Gasteiger partial charge in [0.2, 0.25) is 5.91 Å². The molecule has 0 spiro atoms. The number of aliphatic hydroxyl groups excluding tert-OH is 1. The second-order valence-electron chi connectivity index (χ2n) is 3.01. The van der Waals surface area contributed by atoms with Crippen LogP contribution >= 0.6 is 0 Å². The highest BCUT2D eigenvalue weighted by Gasteiger charge is 2.26. The van der Waals surface area contributed by atoms with Crippen LogP contribution in [-0.2, 0) is 4.79 Å². The van der Waals surface area contributed by atoms with Crippen LogP contribution in [-0.4, -0.2) is 48.2 Å². The molecule has 1 atom stereocenters. The highest BCUT2D eigenvalue weighted by molar-refractivity contribution is 5.82. The lowest BCUT2D eigenvalue weighted by Gasteiger charge is -2.32. The summed E-state index contributed by atoms with van der Waals surface area (Å²) in [7, 11) is 0. The van der Waals surface area contributed by atoms with Crippen molar-refractivity contribution in [3.05, 3.63) is 0 Å². The highest BCUT2D eigenvalue weighted by Crippen LogP contribution is 2.01. The Labute approximate surface area is 72.6 Å². The maximum Gasteiger partial charge on any atom is 0.242 e. The second-order valence-corrected chi connectivity index (χ2v) is 3.01. The van der Waals surface area contributed by atoms with Gasteiger partial charge in [0, 0.05) is 19.6 Å². The lowest BCUT2D eigenvalue weighted by atomic mass is 10.2. The molecule has 1 heterocycles. The fraction of sp³-hybridized carbons (Fsp3) is 0.875. The van der Waals surface area contributed by atoms with Gasteiger partial charge in [-0.3, -0.25) is 4.79 Å². The monoisotopic (exact) mass is 172 g/mol. The van der Waals surface area contributed by atoms with Gasteiger partial charge in [-0.05, 0) is 6.42 Å². The third-order valence-electron chi connectivity index (χ3n) is 2.06. The lowest BCUT2D eigenvalue weighted by molar-refractivity contribution is -0.136. The zero-order valence-corrected chi connectivity index (χ0v) is 7.42. The first kappa shape index (κ1) is 9.48. The van der Waals surface area contributed by atoms with E-state index < -0.39 is 0 Å². The summed E-state index contributed by atoms with van der Waals surface area (Å²) in [6.07, 6.45) is 0.976. The van der Waals surface area contributed by atoms with E-state index in [4.69, 9.17) is 5.11 Å². The number of piperazine rings is 1. The van der Waals surface area contributed by atoms with Crippen LogP contribution in [0.2, 0.25) is 0 Å². The molecule has 1 aliphatic heterocycles. The molecule has 4 nitrogen and oxygen atoms in total. The zero-order valence-electron chi connectivity index (χ0n) is 7.42. The smallest absolute Gasteiger partial charge is 0.242 e. The molecule has 1 rings (SSSR count). The van der Waals surface area contributed by atoms with E-state index in [1.165, 1.54) is 0 Å². The number of hydrogen-bond acceptors (Lipinski definition) is 3. The van der Waals surface area contributed by atoms with Crippen LogP contribution in [0.25, 0.3) is 0 Å². The molecule has 0 saturated carbocycles. The van der Waals surface area contributed by atoms with Crippen LogP contribution in [0, 0.1) is 0 Å². The maximum atomic E-state index is 11.4. The summed E-state index contributed by atoms with van der Waals surface area (Å²) in [4.78, 5) is 13.3. The minimum absolute atomic E-state index is 0.0330. The van der Waals surface area contributed by atoms with Crippen LogP contribution in [0.4, 0.5) is 0 Å². The molecule has 0 aromatic carbocycles. The summed E-state index contributed by atoms with van der Waals surface area (Å²) in [5, 5.41) is 11.8. The Balaban J connectivity index is 2.47. The molecule has 0 aliphatic carbocycles. The Morgan fingerprint density at radius 1 is 1.75 bits per heavy atom. The third kappa shape index (κ3) is 1.95. The molecule has 2 N–H and O–H groups in total. The van der Waals surface area contributed by atoms with Crippen LogP contribution in [0.15, 0.2) is 0 Å². The van der Waals surface area contributed by atoms with E-state index in [0.29, 0.717) is 0 Å². The van der Waals surface area contributed by atoms with Crippen molar-refractivity contribution in [3.63, 3.8) is 0 Å². The molecular formula is C8H16N2O2. The van der Waals surface area contributed by atoms with Gasteiger partial charge >= 0.3 is 0 Å². The highest BCUT2D eigenvalue weighted by atomic mass is 16.3. The molecule has 0 aromatic heterocycles. The van der Waals surface area contributed by atoms with Crippen LogP contribution in [0.3, 0.4) is 0 Å². The van der Waals surface area contributed by atoms with Gasteiger partial charge in [0.1, 0.15) is 6.04 Å². The van der Waals surface area contributed by atoms with Crippen molar-refractivity contribution in [2.75, 3.05) is 26.2 Å². The fourth-order valence-electron chi connectivity index (χ4n) is 1.43. The number of carbonyl (C=O) groups excluding carboxylic acids is 1. The van der Waals surface area contributed by atoms with Gasteiger partial charge in [0.15, 0.2) is 0 Å². The van der Waals surface area contributed by atoms with Gasteiger partial charge in [0.05, 0.1) is 6.61 Å². The molecule has 0 radical (unpaired) electrons. The standard InChI is InChI=1S/C8H16N2O2/c1-2-4-10-5-3-9-7(6-11)8(10)12/h7,9,11H,2-6H2,1H3. The number of nitrogens with zero attached hydrogens (tertiary/aromatic N) is 1. The predicted octanol–water partition coefficient (Wildman–Crippen LogP) is -0.811. The topological polar surface area (TPSA) is 52.6 Å². The number of nitrogens with one attached hydrogen (secondary N) is 1. The molecule has 1 aliphatic rings. The summed E-state index contributed by atoms with van der Waals surface area (Å²) in [6.45, 7) is 4.31. The molecule has 1 saturated heterocycles. The number of amides is 1. The van der Waals surface area contributed by atoms with Crippen LogP contribution in [0.5, 0.6) is 0 Å². The average Bonchev–Trinajstić information content (AvgIpc) is 2.09. The second kappa shape index (κ2) is 4.42. The van der Waals surface area contributed by atoms with E-state index in [9.17, 15) is 4.79 Å². The molecule has 1 unspecified atom stereocenters. The quantitative estimate of drug-likeness (QED) is 0.585. The first-order valence-corrected chi connectivity index (χ1v) is 4.42. The van der Waals surface area contributed by atoms with Gasteiger partial charge in [-0.1, -0.05) is 6.92 Å². The Morgan fingerprint density at radius 3 is 3.08 bits per heavy atom. The normalized spacial score (nSPS) is 24.7. The largest absolute Gasteiger partial charge is 0.394 e. The summed E-state index contributed by atoms with van der Waals surface area (Å²) in [5.74, 6) is 0.0330. The summed E-state index contributed by atoms with van der Waals surface area (Å²) >= 11 is 0. The van der Waals surface area contributed by atoms with E-state index in [1.807, 2.05) is 6.92 Å². The van der Waals surface area contributed by atoms with E-state index >= 15 is 0 Å². The SMILES string of the molecule is CCCN1CCNC(CO)C1=O. The lowest BCUT2D eigenvalue weighted by Crippen LogP contribution is -2.56.